The molecule has 0 radical (unpaired) electrons. The van der Waals surface area contributed by atoms with Crippen LogP contribution in [0.2, 0.25) is 0 Å². The molecule has 0 heterocycles. The van der Waals surface area contributed by atoms with E-state index in [0.29, 0.717) is 11.3 Å². The largest absolute Gasteiger partial charge is 0.312 e. The molecule has 0 fully saturated rings. The minimum Gasteiger partial charge on any atom is -0.312 e. The molecule has 19 heavy (non-hydrogen) atoms. The van der Waals surface area contributed by atoms with Crippen LogP contribution < -0.4 is 5.32 Å². The third kappa shape index (κ3) is 5.78. The van der Waals surface area contributed by atoms with Crippen LogP contribution in [-0.4, -0.2) is 12.1 Å². The fourth-order valence-electron chi connectivity index (χ4n) is 2.22. The fraction of sp³-hybridized carbons (Fsp3) is 0.667. The first kappa shape index (κ1) is 16.2. The molecule has 0 spiro atoms. The summed E-state index contributed by atoms with van der Waals surface area (Å²) < 4.78 is 0. The maximum absolute atomic E-state index is 3.67. The maximum atomic E-state index is 3.67. The SMILES string of the molecule is Cc1ccccc1CC(CNC(C)(C)C)C(C)(C)C. The molecule has 0 saturated carbocycles. The van der Waals surface area contributed by atoms with Crippen LogP contribution in [0.15, 0.2) is 24.3 Å². The molecule has 0 aliphatic carbocycles. The zero-order valence-corrected chi connectivity index (χ0v) is 13.8. The van der Waals surface area contributed by atoms with Gasteiger partial charge in [0.1, 0.15) is 0 Å². The van der Waals surface area contributed by atoms with Gasteiger partial charge in [0.25, 0.3) is 0 Å². The smallest absolute Gasteiger partial charge is 0.00966 e. The molecule has 0 aromatic heterocycles. The summed E-state index contributed by atoms with van der Waals surface area (Å²) in [5, 5.41) is 3.67. The lowest BCUT2D eigenvalue weighted by Crippen LogP contribution is -2.42. The zero-order chi connectivity index (χ0) is 14.7. The van der Waals surface area contributed by atoms with Gasteiger partial charge in [0, 0.05) is 5.54 Å². The molecular weight excluding hydrogens is 230 g/mol. The van der Waals surface area contributed by atoms with Gasteiger partial charge < -0.3 is 5.32 Å². The first-order chi connectivity index (χ1) is 8.59. The molecule has 108 valence electrons. The first-order valence-corrected chi connectivity index (χ1v) is 7.39. The van der Waals surface area contributed by atoms with E-state index in [-0.39, 0.29) is 5.54 Å². The van der Waals surface area contributed by atoms with E-state index in [0.717, 1.165) is 13.0 Å². The third-order valence-corrected chi connectivity index (χ3v) is 3.83. The Morgan fingerprint density at radius 1 is 1.00 bits per heavy atom. The van der Waals surface area contributed by atoms with Gasteiger partial charge in [-0.15, -0.1) is 0 Å². The van der Waals surface area contributed by atoms with E-state index in [1.165, 1.54) is 11.1 Å². The summed E-state index contributed by atoms with van der Waals surface area (Å²) in [4.78, 5) is 0. The predicted molar refractivity (Wildman–Crippen MR) is 85.6 cm³/mol. The van der Waals surface area contributed by atoms with E-state index < -0.39 is 0 Å². The summed E-state index contributed by atoms with van der Waals surface area (Å²) in [5.74, 6) is 0.646. The van der Waals surface area contributed by atoms with Crippen molar-refractivity contribution in [3.63, 3.8) is 0 Å². The molecule has 1 N–H and O–H groups in total. The van der Waals surface area contributed by atoms with Gasteiger partial charge in [-0.1, -0.05) is 45.0 Å². The van der Waals surface area contributed by atoms with E-state index >= 15 is 0 Å². The Bertz CT molecular complexity index is 393. The number of hydrogen-bond acceptors (Lipinski definition) is 1. The van der Waals surface area contributed by atoms with Crippen molar-refractivity contribution in [3.05, 3.63) is 35.4 Å². The van der Waals surface area contributed by atoms with Crippen LogP contribution in [0.25, 0.3) is 0 Å². The highest BCUT2D eigenvalue weighted by Crippen LogP contribution is 2.29. The van der Waals surface area contributed by atoms with Crippen molar-refractivity contribution in [1.29, 1.82) is 0 Å². The second-order valence-electron chi connectivity index (χ2n) is 7.82. The van der Waals surface area contributed by atoms with Gasteiger partial charge in [0.2, 0.25) is 0 Å². The Labute approximate surface area is 119 Å². The summed E-state index contributed by atoms with van der Waals surface area (Å²) >= 11 is 0. The lowest BCUT2D eigenvalue weighted by molar-refractivity contribution is 0.214. The Balaban J connectivity index is 2.79. The van der Waals surface area contributed by atoms with Gasteiger partial charge in [-0.25, -0.2) is 0 Å². The van der Waals surface area contributed by atoms with Crippen LogP contribution >= 0.6 is 0 Å². The number of benzene rings is 1. The van der Waals surface area contributed by atoms with Gasteiger partial charge in [0.15, 0.2) is 0 Å². The molecule has 1 rings (SSSR count). The monoisotopic (exact) mass is 261 g/mol. The van der Waals surface area contributed by atoms with E-state index in [1.54, 1.807) is 0 Å². The molecule has 0 saturated heterocycles. The number of rotatable bonds is 4. The quantitative estimate of drug-likeness (QED) is 0.836. The minimum atomic E-state index is 0.190. The van der Waals surface area contributed by atoms with Crippen molar-refractivity contribution in [2.75, 3.05) is 6.54 Å². The van der Waals surface area contributed by atoms with Crippen LogP contribution in [0.3, 0.4) is 0 Å². The first-order valence-electron chi connectivity index (χ1n) is 7.39. The van der Waals surface area contributed by atoms with E-state index in [4.69, 9.17) is 0 Å². The van der Waals surface area contributed by atoms with E-state index in [1.807, 2.05) is 0 Å². The number of aryl methyl sites for hydroxylation is 1. The Morgan fingerprint density at radius 3 is 2.05 bits per heavy atom. The van der Waals surface area contributed by atoms with Gasteiger partial charge in [-0.3, -0.25) is 0 Å². The van der Waals surface area contributed by atoms with Crippen LogP contribution in [0.1, 0.15) is 52.7 Å². The van der Waals surface area contributed by atoms with Crippen LogP contribution in [0.5, 0.6) is 0 Å². The van der Waals surface area contributed by atoms with Crippen molar-refractivity contribution in [3.8, 4) is 0 Å². The molecule has 1 unspecified atom stereocenters. The van der Waals surface area contributed by atoms with Crippen LogP contribution in [0.4, 0.5) is 0 Å². The summed E-state index contributed by atoms with van der Waals surface area (Å²) in [6, 6.07) is 8.76. The Kier molecular flexibility index (Phi) is 5.20. The Morgan fingerprint density at radius 2 is 1.58 bits per heavy atom. The van der Waals surface area contributed by atoms with Gasteiger partial charge in [-0.05, 0) is 63.1 Å². The average Bonchev–Trinajstić information content (AvgIpc) is 2.23. The Hall–Kier alpha value is -0.820. The van der Waals surface area contributed by atoms with Crippen molar-refractivity contribution in [2.24, 2.45) is 11.3 Å². The average molecular weight is 261 g/mol. The summed E-state index contributed by atoms with van der Waals surface area (Å²) in [5.41, 5.74) is 3.40. The second kappa shape index (κ2) is 6.09. The highest BCUT2D eigenvalue weighted by Gasteiger charge is 2.26. The van der Waals surface area contributed by atoms with Crippen molar-refractivity contribution in [1.82, 2.24) is 5.32 Å². The lowest BCUT2D eigenvalue weighted by atomic mass is 9.76. The standard InChI is InChI=1S/C18H31N/c1-14-10-8-9-11-15(14)12-16(17(2,3)4)13-19-18(5,6)7/h8-11,16,19H,12-13H2,1-7H3. The molecule has 1 aromatic carbocycles. The number of nitrogens with one attached hydrogen (secondary N) is 1. The summed E-state index contributed by atoms with van der Waals surface area (Å²) in [7, 11) is 0. The second-order valence-corrected chi connectivity index (χ2v) is 7.82. The fourth-order valence-corrected chi connectivity index (χ4v) is 2.22. The lowest BCUT2D eigenvalue weighted by Gasteiger charge is -2.34. The molecule has 0 aliphatic rings. The summed E-state index contributed by atoms with van der Waals surface area (Å²) in [6.45, 7) is 17.0. The van der Waals surface area contributed by atoms with Crippen molar-refractivity contribution in [2.45, 2.75) is 60.4 Å². The van der Waals surface area contributed by atoms with Crippen molar-refractivity contribution < 1.29 is 0 Å². The molecule has 1 aromatic rings. The van der Waals surface area contributed by atoms with Gasteiger partial charge in [0.05, 0.1) is 0 Å². The van der Waals surface area contributed by atoms with Gasteiger partial charge >= 0.3 is 0 Å². The highest BCUT2D eigenvalue weighted by atomic mass is 14.9. The van der Waals surface area contributed by atoms with E-state index in [2.05, 4.69) is 78.0 Å². The normalized spacial score (nSPS) is 14.5. The minimum absolute atomic E-state index is 0.190. The topological polar surface area (TPSA) is 12.0 Å². The molecule has 0 aliphatic heterocycles. The number of hydrogen-bond donors (Lipinski definition) is 1. The molecule has 1 heteroatoms. The zero-order valence-electron chi connectivity index (χ0n) is 13.8. The molecule has 0 bridgehead atoms. The van der Waals surface area contributed by atoms with Crippen LogP contribution in [-0.2, 0) is 6.42 Å². The van der Waals surface area contributed by atoms with Crippen molar-refractivity contribution >= 4 is 0 Å². The van der Waals surface area contributed by atoms with Gasteiger partial charge in [-0.2, -0.15) is 0 Å². The molecule has 0 amide bonds. The molecular formula is C18H31N. The third-order valence-electron chi connectivity index (χ3n) is 3.83. The molecule has 1 atom stereocenters. The van der Waals surface area contributed by atoms with E-state index in [9.17, 15) is 0 Å². The van der Waals surface area contributed by atoms with Crippen LogP contribution in [0, 0.1) is 18.3 Å². The molecule has 1 nitrogen and oxygen atoms in total. The summed E-state index contributed by atoms with van der Waals surface area (Å²) in [6.07, 6.45) is 1.15. The highest BCUT2D eigenvalue weighted by molar-refractivity contribution is 5.26. The maximum Gasteiger partial charge on any atom is 0.00966 e. The predicted octanol–water partition coefficient (Wildman–Crippen LogP) is 4.59.